The van der Waals surface area contributed by atoms with Gasteiger partial charge in [0, 0.05) is 25.3 Å². The van der Waals surface area contributed by atoms with E-state index in [1.807, 2.05) is 6.07 Å². The van der Waals surface area contributed by atoms with Gasteiger partial charge < -0.3 is 14.9 Å². The highest BCUT2D eigenvalue weighted by molar-refractivity contribution is 5.45. The van der Waals surface area contributed by atoms with Crippen LogP contribution in [0.15, 0.2) is 30.3 Å². The van der Waals surface area contributed by atoms with Gasteiger partial charge in [-0.3, -0.25) is 0 Å². The summed E-state index contributed by atoms with van der Waals surface area (Å²) in [6.45, 7) is 6.89. The second-order valence-corrected chi connectivity index (χ2v) is 5.39. The molecule has 0 aliphatic carbocycles. The third kappa shape index (κ3) is 4.51. The van der Waals surface area contributed by atoms with Gasteiger partial charge in [0.05, 0.1) is 6.10 Å². The van der Waals surface area contributed by atoms with Crippen molar-refractivity contribution in [2.75, 3.05) is 37.6 Å². The van der Waals surface area contributed by atoms with Gasteiger partial charge >= 0.3 is 0 Å². The summed E-state index contributed by atoms with van der Waals surface area (Å²) in [5, 5.41) is 10.3. The van der Waals surface area contributed by atoms with Crippen LogP contribution in [0, 0.1) is 0 Å². The summed E-state index contributed by atoms with van der Waals surface area (Å²) in [5.74, 6) is 0. The van der Waals surface area contributed by atoms with Crippen LogP contribution < -0.4 is 4.90 Å². The smallest absolute Gasteiger partial charge is 0.0841 e. The number of rotatable bonds is 6. The number of β-amino-alcohol motifs (C(OH)–C–C–N with tert-alkyl or cyclic N) is 1. The van der Waals surface area contributed by atoms with Crippen LogP contribution in [-0.4, -0.2) is 48.8 Å². The molecule has 0 spiro atoms. The molecule has 106 valence electrons. The number of nitrogens with zero attached hydrogens (tertiary/aromatic N) is 2. The average Bonchev–Trinajstić information content (AvgIpc) is 2.47. The van der Waals surface area contributed by atoms with Crippen molar-refractivity contribution in [2.45, 2.75) is 32.3 Å². The minimum Gasteiger partial charge on any atom is -0.390 e. The molecule has 1 N–H and O–H groups in total. The van der Waals surface area contributed by atoms with Gasteiger partial charge in [0.2, 0.25) is 0 Å². The standard InChI is InChI=1S/C16H26N2O/c1-2-18(15-9-5-3-6-10-15)14-16(19)13-17-11-7-4-8-12-17/h3,5-6,9-10,16,19H,2,4,7-8,11-14H2,1H3. The van der Waals surface area contributed by atoms with Crippen molar-refractivity contribution in [1.29, 1.82) is 0 Å². The molecule has 3 heteroatoms. The molecule has 1 aliphatic rings. The van der Waals surface area contributed by atoms with E-state index in [0.29, 0.717) is 0 Å². The Balaban J connectivity index is 1.84. The maximum atomic E-state index is 10.3. The zero-order valence-electron chi connectivity index (χ0n) is 12.0. The molecule has 3 nitrogen and oxygen atoms in total. The van der Waals surface area contributed by atoms with Gasteiger partial charge in [0.1, 0.15) is 0 Å². The lowest BCUT2D eigenvalue weighted by Gasteiger charge is -2.31. The van der Waals surface area contributed by atoms with E-state index in [2.05, 4.69) is 41.0 Å². The number of aliphatic hydroxyl groups excluding tert-OH is 1. The van der Waals surface area contributed by atoms with Crippen molar-refractivity contribution in [2.24, 2.45) is 0 Å². The number of aliphatic hydroxyl groups is 1. The predicted octanol–water partition coefficient (Wildman–Crippen LogP) is 2.36. The van der Waals surface area contributed by atoms with Crippen molar-refractivity contribution in [3.8, 4) is 0 Å². The molecule has 0 saturated carbocycles. The fraction of sp³-hybridized carbons (Fsp3) is 0.625. The van der Waals surface area contributed by atoms with Gasteiger partial charge in [0.25, 0.3) is 0 Å². The van der Waals surface area contributed by atoms with E-state index in [1.54, 1.807) is 0 Å². The van der Waals surface area contributed by atoms with Crippen molar-refractivity contribution >= 4 is 5.69 Å². The average molecular weight is 262 g/mol. The summed E-state index contributed by atoms with van der Waals surface area (Å²) in [5.41, 5.74) is 1.20. The van der Waals surface area contributed by atoms with E-state index in [4.69, 9.17) is 0 Å². The first kappa shape index (κ1) is 14.4. The Morgan fingerprint density at radius 2 is 1.84 bits per heavy atom. The van der Waals surface area contributed by atoms with Gasteiger partial charge in [-0.25, -0.2) is 0 Å². The SMILES string of the molecule is CCN(CC(O)CN1CCCCC1)c1ccccc1. The third-order valence-corrected chi connectivity index (χ3v) is 3.85. The third-order valence-electron chi connectivity index (χ3n) is 3.85. The fourth-order valence-corrected chi connectivity index (χ4v) is 2.81. The second kappa shape index (κ2) is 7.51. The Bertz CT molecular complexity index is 349. The van der Waals surface area contributed by atoms with Crippen molar-refractivity contribution < 1.29 is 5.11 Å². The Morgan fingerprint density at radius 3 is 2.47 bits per heavy atom. The minimum absolute atomic E-state index is 0.266. The number of anilines is 1. The highest BCUT2D eigenvalue weighted by atomic mass is 16.3. The number of benzene rings is 1. The number of para-hydroxylation sites is 1. The van der Waals surface area contributed by atoms with Gasteiger partial charge in [-0.2, -0.15) is 0 Å². The molecular formula is C16H26N2O. The molecule has 1 aliphatic heterocycles. The normalized spacial score (nSPS) is 18.2. The first-order chi connectivity index (χ1) is 9.29. The summed E-state index contributed by atoms with van der Waals surface area (Å²) in [7, 11) is 0. The molecule has 0 aromatic heterocycles. The first-order valence-corrected chi connectivity index (χ1v) is 7.50. The summed E-state index contributed by atoms with van der Waals surface area (Å²) in [6.07, 6.45) is 3.64. The topological polar surface area (TPSA) is 26.7 Å². The molecule has 1 atom stereocenters. The summed E-state index contributed by atoms with van der Waals surface area (Å²) < 4.78 is 0. The van der Waals surface area contributed by atoms with Crippen LogP contribution in [0.2, 0.25) is 0 Å². The van der Waals surface area contributed by atoms with Crippen LogP contribution in [0.25, 0.3) is 0 Å². The lowest BCUT2D eigenvalue weighted by molar-refractivity contribution is 0.105. The van der Waals surface area contributed by atoms with Crippen molar-refractivity contribution in [1.82, 2.24) is 4.90 Å². The van der Waals surface area contributed by atoms with Gasteiger partial charge in [-0.05, 0) is 45.0 Å². The molecule has 0 radical (unpaired) electrons. The summed E-state index contributed by atoms with van der Waals surface area (Å²) in [6, 6.07) is 10.3. The number of hydrogen-bond acceptors (Lipinski definition) is 3. The molecule has 1 unspecified atom stereocenters. The largest absolute Gasteiger partial charge is 0.390 e. The van der Waals surface area contributed by atoms with Crippen LogP contribution in [0.4, 0.5) is 5.69 Å². The van der Waals surface area contributed by atoms with Gasteiger partial charge in [-0.15, -0.1) is 0 Å². The fourth-order valence-electron chi connectivity index (χ4n) is 2.81. The molecular weight excluding hydrogens is 236 g/mol. The van der Waals surface area contributed by atoms with E-state index < -0.39 is 0 Å². The van der Waals surface area contributed by atoms with E-state index in [0.717, 1.165) is 32.7 Å². The highest BCUT2D eigenvalue weighted by Gasteiger charge is 2.16. The lowest BCUT2D eigenvalue weighted by Crippen LogP contribution is -2.42. The Kier molecular flexibility index (Phi) is 5.67. The minimum atomic E-state index is -0.266. The van der Waals surface area contributed by atoms with E-state index in [1.165, 1.54) is 24.9 Å². The van der Waals surface area contributed by atoms with Crippen LogP contribution in [-0.2, 0) is 0 Å². The molecule has 1 heterocycles. The maximum absolute atomic E-state index is 10.3. The molecule has 19 heavy (non-hydrogen) atoms. The Morgan fingerprint density at radius 1 is 1.16 bits per heavy atom. The van der Waals surface area contributed by atoms with Crippen molar-refractivity contribution in [3.63, 3.8) is 0 Å². The molecule has 2 rings (SSSR count). The number of hydrogen-bond donors (Lipinski definition) is 1. The Labute approximate surface area is 116 Å². The quantitative estimate of drug-likeness (QED) is 0.852. The lowest BCUT2D eigenvalue weighted by atomic mass is 10.1. The van der Waals surface area contributed by atoms with Crippen molar-refractivity contribution in [3.05, 3.63) is 30.3 Å². The Hall–Kier alpha value is -1.06. The van der Waals surface area contributed by atoms with Crippen LogP contribution in [0.5, 0.6) is 0 Å². The number of likely N-dealkylation sites (tertiary alicyclic amines) is 1. The zero-order chi connectivity index (χ0) is 13.5. The molecule has 1 aromatic carbocycles. The van der Waals surface area contributed by atoms with E-state index >= 15 is 0 Å². The first-order valence-electron chi connectivity index (χ1n) is 7.50. The zero-order valence-corrected chi connectivity index (χ0v) is 12.0. The summed E-state index contributed by atoms with van der Waals surface area (Å²) >= 11 is 0. The molecule has 1 fully saturated rings. The van der Waals surface area contributed by atoms with Gasteiger partial charge in [0.15, 0.2) is 0 Å². The van der Waals surface area contributed by atoms with E-state index in [9.17, 15) is 5.11 Å². The number of likely N-dealkylation sites (N-methyl/N-ethyl adjacent to an activating group) is 1. The molecule has 1 saturated heterocycles. The summed E-state index contributed by atoms with van der Waals surface area (Å²) in [4.78, 5) is 4.64. The predicted molar refractivity (Wildman–Crippen MR) is 80.6 cm³/mol. The number of piperidine rings is 1. The maximum Gasteiger partial charge on any atom is 0.0841 e. The highest BCUT2D eigenvalue weighted by Crippen LogP contribution is 2.14. The second-order valence-electron chi connectivity index (χ2n) is 5.39. The van der Waals surface area contributed by atoms with Crippen LogP contribution in [0.1, 0.15) is 26.2 Å². The molecule has 0 amide bonds. The van der Waals surface area contributed by atoms with Crippen LogP contribution in [0.3, 0.4) is 0 Å². The van der Waals surface area contributed by atoms with Crippen LogP contribution >= 0.6 is 0 Å². The molecule has 1 aromatic rings. The monoisotopic (exact) mass is 262 g/mol. The van der Waals surface area contributed by atoms with Gasteiger partial charge in [-0.1, -0.05) is 24.6 Å². The van der Waals surface area contributed by atoms with E-state index in [-0.39, 0.29) is 6.10 Å². The molecule has 0 bridgehead atoms.